The monoisotopic (exact) mass is 343 g/mol. The first-order valence-corrected chi connectivity index (χ1v) is 6.82. The number of rotatable bonds is 2. The minimum atomic E-state index is -0.586. The number of benzene rings is 1. The first-order valence-electron chi connectivity index (χ1n) is 6.02. The molecule has 0 spiro atoms. The van der Waals surface area contributed by atoms with Gasteiger partial charge in [0.2, 0.25) is 0 Å². The highest BCUT2D eigenvalue weighted by atomic mass is 79.9. The average molecular weight is 344 g/mol. The smallest absolute Gasteiger partial charge is 0.412 e. The van der Waals surface area contributed by atoms with Crippen molar-refractivity contribution in [2.45, 2.75) is 33.3 Å². The molecule has 1 rings (SSSR count). The van der Waals surface area contributed by atoms with E-state index in [1.807, 2.05) is 0 Å². The van der Waals surface area contributed by atoms with Crippen LogP contribution in [0.4, 0.5) is 10.5 Å². The van der Waals surface area contributed by atoms with Gasteiger partial charge < -0.3 is 9.47 Å². The lowest BCUT2D eigenvalue weighted by atomic mass is 10.1. The largest absolute Gasteiger partial charge is 0.465 e. The summed E-state index contributed by atoms with van der Waals surface area (Å²) in [6.45, 7) is 7.11. The van der Waals surface area contributed by atoms with Gasteiger partial charge in [-0.2, -0.15) is 0 Å². The van der Waals surface area contributed by atoms with E-state index in [1.165, 1.54) is 7.11 Å². The Bertz CT molecular complexity index is 535. The normalized spacial score (nSPS) is 10.9. The zero-order valence-corrected chi connectivity index (χ0v) is 13.8. The van der Waals surface area contributed by atoms with Crippen molar-refractivity contribution in [3.8, 4) is 0 Å². The molecule has 1 N–H and O–H groups in total. The van der Waals surface area contributed by atoms with Crippen LogP contribution in [0.5, 0.6) is 0 Å². The molecule has 20 heavy (non-hydrogen) atoms. The molecule has 110 valence electrons. The molecule has 1 aromatic carbocycles. The Hall–Kier alpha value is -1.56. The lowest BCUT2D eigenvalue weighted by molar-refractivity contribution is 0.0595. The van der Waals surface area contributed by atoms with E-state index in [-0.39, 0.29) is 0 Å². The summed E-state index contributed by atoms with van der Waals surface area (Å²) in [5, 5.41) is 2.59. The van der Waals surface area contributed by atoms with Crippen LogP contribution in [0.25, 0.3) is 0 Å². The number of ether oxygens (including phenoxy) is 2. The average Bonchev–Trinajstić information content (AvgIpc) is 2.30. The van der Waals surface area contributed by atoms with E-state index in [2.05, 4.69) is 21.2 Å². The van der Waals surface area contributed by atoms with Crippen LogP contribution in [0.1, 0.15) is 36.7 Å². The Morgan fingerprint density at radius 1 is 1.25 bits per heavy atom. The van der Waals surface area contributed by atoms with Gasteiger partial charge in [0.1, 0.15) is 5.60 Å². The zero-order valence-electron chi connectivity index (χ0n) is 12.2. The Kier molecular flexibility index (Phi) is 5.16. The van der Waals surface area contributed by atoms with Gasteiger partial charge in [0.25, 0.3) is 0 Å². The van der Waals surface area contributed by atoms with Crippen molar-refractivity contribution in [2.75, 3.05) is 12.4 Å². The third kappa shape index (κ3) is 4.52. The van der Waals surface area contributed by atoms with Crippen molar-refractivity contribution in [3.05, 3.63) is 27.7 Å². The van der Waals surface area contributed by atoms with Crippen LogP contribution < -0.4 is 5.32 Å². The van der Waals surface area contributed by atoms with Crippen LogP contribution in [-0.2, 0) is 9.47 Å². The SMILES string of the molecule is COC(=O)c1cc(NC(=O)OC(C)(C)C)cc(Br)c1C. The van der Waals surface area contributed by atoms with E-state index in [9.17, 15) is 9.59 Å². The van der Waals surface area contributed by atoms with E-state index in [1.54, 1.807) is 39.8 Å². The lowest BCUT2D eigenvalue weighted by Crippen LogP contribution is -2.27. The van der Waals surface area contributed by atoms with E-state index >= 15 is 0 Å². The number of carbonyl (C=O) groups is 2. The quantitative estimate of drug-likeness (QED) is 0.827. The van der Waals surface area contributed by atoms with Crippen molar-refractivity contribution in [2.24, 2.45) is 0 Å². The van der Waals surface area contributed by atoms with Gasteiger partial charge in [-0.3, -0.25) is 5.32 Å². The van der Waals surface area contributed by atoms with E-state index in [0.29, 0.717) is 15.7 Å². The number of nitrogens with one attached hydrogen (secondary N) is 1. The van der Waals surface area contributed by atoms with Gasteiger partial charge in [0.15, 0.2) is 0 Å². The number of hydrogen-bond donors (Lipinski definition) is 1. The fourth-order valence-electron chi connectivity index (χ4n) is 1.49. The highest BCUT2D eigenvalue weighted by molar-refractivity contribution is 9.10. The maximum absolute atomic E-state index is 11.7. The molecule has 0 radical (unpaired) electrons. The van der Waals surface area contributed by atoms with Gasteiger partial charge in [-0.05, 0) is 45.4 Å². The molecule has 0 unspecified atom stereocenters. The fourth-order valence-corrected chi connectivity index (χ4v) is 1.95. The highest BCUT2D eigenvalue weighted by Gasteiger charge is 2.18. The third-order valence-electron chi connectivity index (χ3n) is 2.39. The van der Waals surface area contributed by atoms with Gasteiger partial charge in [-0.1, -0.05) is 15.9 Å². The maximum Gasteiger partial charge on any atom is 0.412 e. The number of hydrogen-bond acceptors (Lipinski definition) is 4. The predicted molar refractivity (Wildman–Crippen MR) is 80.1 cm³/mol. The van der Waals surface area contributed by atoms with Gasteiger partial charge in [-0.25, -0.2) is 9.59 Å². The van der Waals surface area contributed by atoms with Crippen LogP contribution in [0.2, 0.25) is 0 Å². The Morgan fingerprint density at radius 2 is 1.85 bits per heavy atom. The molecule has 0 aliphatic heterocycles. The topological polar surface area (TPSA) is 64.6 Å². The molecular weight excluding hydrogens is 326 g/mol. The molecule has 0 fully saturated rings. The molecule has 0 aliphatic carbocycles. The predicted octanol–water partition coefficient (Wildman–Crippen LogP) is 3.89. The maximum atomic E-state index is 11.7. The first kappa shape index (κ1) is 16.5. The van der Waals surface area contributed by atoms with E-state index < -0.39 is 17.7 Å². The van der Waals surface area contributed by atoms with Gasteiger partial charge in [-0.15, -0.1) is 0 Å². The van der Waals surface area contributed by atoms with Crippen molar-refractivity contribution in [1.82, 2.24) is 0 Å². The van der Waals surface area contributed by atoms with Crippen LogP contribution in [-0.4, -0.2) is 24.8 Å². The molecule has 0 atom stereocenters. The summed E-state index contributed by atoms with van der Waals surface area (Å²) in [5.74, 6) is -0.462. The molecular formula is C14H18BrNO4. The highest BCUT2D eigenvalue weighted by Crippen LogP contribution is 2.26. The van der Waals surface area contributed by atoms with E-state index in [4.69, 9.17) is 9.47 Å². The minimum absolute atomic E-state index is 0.382. The van der Waals surface area contributed by atoms with E-state index in [0.717, 1.165) is 5.56 Å². The second-order valence-electron chi connectivity index (χ2n) is 5.25. The summed E-state index contributed by atoms with van der Waals surface area (Å²) in [7, 11) is 1.31. The van der Waals surface area contributed by atoms with Crippen molar-refractivity contribution < 1.29 is 19.1 Å². The Balaban J connectivity index is 3.00. The third-order valence-corrected chi connectivity index (χ3v) is 3.22. The van der Waals surface area contributed by atoms with Gasteiger partial charge >= 0.3 is 12.1 Å². The van der Waals surface area contributed by atoms with Gasteiger partial charge in [0, 0.05) is 10.2 Å². The molecule has 0 aliphatic rings. The molecule has 1 amide bonds. The number of carbonyl (C=O) groups excluding carboxylic acids is 2. The summed E-state index contributed by atoms with van der Waals surface area (Å²) in [4.78, 5) is 23.4. The number of methoxy groups -OCH3 is 1. The molecule has 0 bridgehead atoms. The number of esters is 1. The van der Waals surface area contributed by atoms with Crippen LogP contribution in [0.3, 0.4) is 0 Å². The van der Waals surface area contributed by atoms with Crippen LogP contribution in [0, 0.1) is 6.92 Å². The number of halogens is 1. The van der Waals surface area contributed by atoms with Crippen molar-refractivity contribution in [3.63, 3.8) is 0 Å². The molecule has 0 aromatic heterocycles. The molecule has 0 saturated carbocycles. The fraction of sp³-hybridized carbons (Fsp3) is 0.429. The van der Waals surface area contributed by atoms with Crippen LogP contribution in [0.15, 0.2) is 16.6 Å². The number of anilines is 1. The summed E-state index contributed by atoms with van der Waals surface area (Å²) >= 11 is 3.35. The standard InChI is InChI=1S/C14H18BrNO4/c1-8-10(12(17)19-5)6-9(7-11(8)15)16-13(18)20-14(2,3)4/h6-7H,1-5H3,(H,16,18). The summed E-state index contributed by atoms with van der Waals surface area (Å²) < 4.78 is 10.6. The molecule has 0 saturated heterocycles. The van der Waals surface area contributed by atoms with Crippen molar-refractivity contribution in [1.29, 1.82) is 0 Å². The number of amides is 1. The van der Waals surface area contributed by atoms with Gasteiger partial charge in [0.05, 0.1) is 12.7 Å². The Morgan fingerprint density at radius 3 is 2.35 bits per heavy atom. The first-order chi connectivity index (χ1) is 9.14. The molecule has 6 heteroatoms. The zero-order chi connectivity index (χ0) is 15.5. The summed E-state index contributed by atoms with van der Waals surface area (Å²) in [5.41, 5.74) is 0.994. The van der Waals surface area contributed by atoms with Crippen molar-refractivity contribution >= 4 is 33.7 Å². The molecule has 0 heterocycles. The summed E-state index contributed by atoms with van der Waals surface area (Å²) in [6.07, 6.45) is -0.580. The lowest BCUT2D eigenvalue weighted by Gasteiger charge is -2.20. The second-order valence-corrected chi connectivity index (χ2v) is 6.10. The van der Waals surface area contributed by atoms with Crippen LogP contribution >= 0.6 is 15.9 Å². The summed E-state index contributed by atoms with van der Waals surface area (Å²) in [6, 6.07) is 3.25. The molecule has 1 aromatic rings. The minimum Gasteiger partial charge on any atom is -0.465 e. The Labute approximate surface area is 126 Å². The molecule has 5 nitrogen and oxygen atoms in total. The second kappa shape index (κ2) is 6.26.